The van der Waals surface area contributed by atoms with E-state index in [-0.39, 0.29) is 23.9 Å². The Morgan fingerprint density at radius 2 is 1.93 bits per heavy atom. The Kier molecular flexibility index (Phi) is 4.14. The normalized spacial score (nSPS) is 26.9. The molecule has 2 unspecified atom stereocenters. The van der Waals surface area contributed by atoms with Crippen molar-refractivity contribution in [3.8, 4) is 0 Å². The van der Waals surface area contributed by atoms with Crippen molar-refractivity contribution in [2.75, 3.05) is 0 Å². The molecule has 2 aliphatic rings. The van der Waals surface area contributed by atoms with Crippen LogP contribution in [0.4, 0.5) is 4.79 Å². The summed E-state index contributed by atoms with van der Waals surface area (Å²) in [6, 6.07) is 6.56. The van der Waals surface area contributed by atoms with E-state index in [0.29, 0.717) is 29.9 Å². The van der Waals surface area contributed by atoms with Crippen molar-refractivity contribution in [2.45, 2.75) is 59.0 Å². The number of aryl methyl sites for hydroxylation is 1. The first-order chi connectivity index (χ1) is 13.1. The van der Waals surface area contributed by atoms with Crippen molar-refractivity contribution in [3.05, 3.63) is 45.8 Å². The van der Waals surface area contributed by atoms with Gasteiger partial charge in [-0.15, -0.1) is 0 Å². The topological polar surface area (TPSA) is 79.6 Å². The molecule has 0 radical (unpaired) electrons. The Bertz CT molecular complexity index is 1040. The molecular weight excluding hydrogens is 356 g/mol. The van der Waals surface area contributed by atoms with Gasteiger partial charge in [0.25, 0.3) is 5.91 Å². The van der Waals surface area contributed by atoms with Crippen molar-refractivity contribution in [1.29, 1.82) is 0 Å². The molecule has 0 bridgehead atoms. The molecule has 2 heterocycles. The highest BCUT2D eigenvalue weighted by Gasteiger charge is 2.56. The van der Waals surface area contributed by atoms with Crippen LogP contribution >= 0.6 is 0 Å². The molecule has 1 aromatic heterocycles. The average Bonchev–Trinajstić information content (AvgIpc) is 2.75. The van der Waals surface area contributed by atoms with Gasteiger partial charge in [-0.3, -0.25) is 9.69 Å². The summed E-state index contributed by atoms with van der Waals surface area (Å²) in [4.78, 5) is 39.4. The minimum Gasteiger partial charge on any atom is -0.423 e. The van der Waals surface area contributed by atoms with Gasteiger partial charge in [0.2, 0.25) is 0 Å². The molecule has 6 heteroatoms. The summed E-state index contributed by atoms with van der Waals surface area (Å²) >= 11 is 0. The van der Waals surface area contributed by atoms with E-state index in [1.165, 1.54) is 11.0 Å². The maximum atomic E-state index is 13.3. The van der Waals surface area contributed by atoms with Gasteiger partial charge in [-0.25, -0.2) is 9.59 Å². The fraction of sp³-hybridized carbons (Fsp3) is 0.500. The Morgan fingerprint density at radius 1 is 1.18 bits per heavy atom. The highest BCUT2D eigenvalue weighted by molar-refractivity contribution is 6.07. The summed E-state index contributed by atoms with van der Waals surface area (Å²) in [6.07, 6.45) is 2.30. The first-order valence-electron chi connectivity index (χ1n) is 9.76. The number of hydrogen-bond donors (Lipinski definition) is 1. The van der Waals surface area contributed by atoms with Crippen LogP contribution in [0.25, 0.3) is 11.0 Å². The number of carbonyl (C=O) groups excluding carboxylic acids is 2. The Morgan fingerprint density at radius 3 is 2.64 bits per heavy atom. The summed E-state index contributed by atoms with van der Waals surface area (Å²) in [7, 11) is 0. The van der Waals surface area contributed by atoms with Crippen LogP contribution in [-0.4, -0.2) is 22.4 Å². The lowest BCUT2D eigenvalue weighted by Gasteiger charge is -2.43. The highest BCUT2D eigenvalue weighted by Crippen LogP contribution is 2.46. The molecule has 1 spiro atoms. The zero-order valence-corrected chi connectivity index (χ0v) is 16.8. The van der Waals surface area contributed by atoms with Crippen LogP contribution in [0.15, 0.2) is 33.5 Å². The Balaban J connectivity index is 1.70. The lowest BCUT2D eigenvalue weighted by atomic mass is 9.64. The first kappa shape index (κ1) is 18.7. The largest absolute Gasteiger partial charge is 0.423 e. The van der Waals surface area contributed by atoms with Gasteiger partial charge < -0.3 is 9.73 Å². The van der Waals surface area contributed by atoms with E-state index in [1.807, 2.05) is 19.1 Å². The van der Waals surface area contributed by atoms with Crippen LogP contribution in [-0.2, 0) is 11.3 Å². The van der Waals surface area contributed by atoms with Gasteiger partial charge in [-0.2, -0.15) is 0 Å². The molecule has 2 fully saturated rings. The number of hydrogen-bond acceptors (Lipinski definition) is 4. The third-order valence-electron chi connectivity index (χ3n) is 5.94. The molecule has 6 nitrogen and oxygen atoms in total. The lowest BCUT2D eigenvalue weighted by molar-refractivity contribution is -0.135. The summed E-state index contributed by atoms with van der Waals surface area (Å²) in [5.41, 5.74) is 0.715. The summed E-state index contributed by atoms with van der Waals surface area (Å²) in [6.45, 7) is 8.39. The summed E-state index contributed by atoms with van der Waals surface area (Å²) in [5, 5.41) is 3.72. The van der Waals surface area contributed by atoms with E-state index in [1.54, 1.807) is 6.07 Å². The molecule has 1 aliphatic heterocycles. The number of urea groups is 1. The van der Waals surface area contributed by atoms with Crippen LogP contribution in [0.2, 0.25) is 0 Å². The number of imide groups is 1. The van der Waals surface area contributed by atoms with E-state index in [4.69, 9.17) is 4.42 Å². The third-order valence-corrected chi connectivity index (χ3v) is 5.94. The maximum Gasteiger partial charge on any atom is 0.336 e. The van der Waals surface area contributed by atoms with Crippen molar-refractivity contribution >= 4 is 22.9 Å². The predicted molar refractivity (Wildman–Crippen MR) is 106 cm³/mol. The van der Waals surface area contributed by atoms with Gasteiger partial charge in [-0.1, -0.05) is 32.9 Å². The first-order valence-corrected chi connectivity index (χ1v) is 9.76. The number of nitrogens with zero attached hydrogens (tertiary/aromatic N) is 1. The molecule has 28 heavy (non-hydrogen) atoms. The standard InChI is InChI=1S/C22H26N2O4/c1-13-5-6-16-15(8-18(25)28-17(16)7-13)11-24-19(26)22(23-20(24)27)10-14(2)9-21(3,4)12-22/h5-8,14H,9-12H2,1-4H3,(H,23,27). The molecule has 1 aliphatic carbocycles. The fourth-order valence-electron chi connectivity index (χ4n) is 5.29. The maximum absolute atomic E-state index is 13.3. The Labute approximate surface area is 163 Å². The number of carbonyl (C=O) groups is 2. The van der Waals surface area contributed by atoms with Gasteiger partial charge in [0.15, 0.2) is 0 Å². The minimum absolute atomic E-state index is 0.0192. The van der Waals surface area contributed by atoms with Crippen LogP contribution < -0.4 is 10.9 Å². The molecule has 4 rings (SSSR count). The smallest absolute Gasteiger partial charge is 0.336 e. The minimum atomic E-state index is -0.843. The summed E-state index contributed by atoms with van der Waals surface area (Å²) in [5.74, 6) is 0.158. The third kappa shape index (κ3) is 3.11. The molecule has 2 aromatic rings. The zero-order valence-electron chi connectivity index (χ0n) is 16.8. The van der Waals surface area contributed by atoms with Crippen LogP contribution in [0.1, 0.15) is 51.2 Å². The monoisotopic (exact) mass is 382 g/mol. The second-order valence-electron chi connectivity index (χ2n) is 9.35. The summed E-state index contributed by atoms with van der Waals surface area (Å²) < 4.78 is 5.29. The van der Waals surface area contributed by atoms with Crippen molar-refractivity contribution in [1.82, 2.24) is 10.2 Å². The lowest BCUT2D eigenvalue weighted by Crippen LogP contribution is -2.54. The number of amides is 3. The SMILES string of the molecule is Cc1ccc2c(CN3C(=O)NC4(CC(C)CC(C)(C)C4)C3=O)cc(=O)oc2c1. The molecule has 1 saturated heterocycles. The van der Waals surface area contributed by atoms with E-state index in [0.717, 1.165) is 17.4 Å². The molecule has 1 aromatic carbocycles. The van der Waals surface area contributed by atoms with Crippen molar-refractivity contribution in [2.24, 2.45) is 11.3 Å². The van der Waals surface area contributed by atoms with Crippen LogP contribution in [0, 0.1) is 18.3 Å². The number of rotatable bonds is 2. The second-order valence-corrected chi connectivity index (χ2v) is 9.35. The van der Waals surface area contributed by atoms with E-state index in [9.17, 15) is 14.4 Å². The molecular formula is C22H26N2O4. The number of fused-ring (bicyclic) bond motifs is 1. The van der Waals surface area contributed by atoms with Crippen molar-refractivity contribution in [3.63, 3.8) is 0 Å². The molecule has 2 atom stereocenters. The van der Waals surface area contributed by atoms with Crippen LogP contribution in [0.5, 0.6) is 0 Å². The van der Waals surface area contributed by atoms with Gasteiger partial charge in [0, 0.05) is 11.5 Å². The van der Waals surface area contributed by atoms with Crippen LogP contribution in [0.3, 0.4) is 0 Å². The molecule has 3 amide bonds. The highest BCUT2D eigenvalue weighted by atomic mass is 16.4. The quantitative estimate of drug-likeness (QED) is 0.634. The van der Waals surface area contributed by atoms with Gasteiger partial charge >= 0.3 is 11.7 Å². The fourth-order valence-corrected chi connectivity index (χ4v) is 5.29. The predicted octanol–water partition coefficient (Wildman–Crippen LogP) is 3.74. The second kappa shape index (κ2) is 6.19. The molecule has 148 valence electrons. The van der Waals surface area contributed by atoms with Crippen molar-refractivity contribution < 1.29 is 14.0 Å². The van der Waals surface area contributed by atoms with E-state index in [2.05, 4.69) is 26.1 Å². The average molecular weight is 382 g/mol. The van der Waals surface area contributed by atoms with Gasteiger partial charge in [-0.05, 0) is 54.7 Å². The number of benzene rings is 1. The molecule has 1 N–H and O–H groups in total. The zero-order chi connectivity index (χ0) is 20.3. The van der Waals surface area contributed by atoms with Gasteiger partial charge in [0.05, 0.1) is 6.54 Å². The Hall–Kier alpha value is -2.63. The van der Waals surface area contributed by atoms with E-state index >= 15 is 0 Å². The van der Waals surface area contributed by atoms with E-state index < -0.39 is 11.2 Å². The number of nitrogens with one attached hydrogen (secondary N) is 1. The molecule has 1 saturated carbocycles. The van der Waals surface area contributed by atoms with Gasteiger partial charge in [0.1, 0.15) is 11.1 Å².